The molecule has 20 heavy (non-hydrogen) atoms. The molecule has 104 valence electrons. The highest BCUT2D eigenvalue weighted by molar-refractivity contribution is 7.99. The second kappa shape index (κ2) is 5.08. The molecule has 8 nitrogen and oxygen atoms in total. The van der Waals surface area contributed by atoms with Gasteiger partial charge in [-0.15, -0.1) is 0 Å². The van der Waals surface area contributed by atoms with Crippen molar-refractivity contribution in [2.45, 2.75) is 24.7 Å². The fourth-order valence-corrected chi connectivity index (χ4v) is 2.85. The Morgan fingerprint density at radius 3 is 3.15 bits per heavy atom. The molecule has 1 aliphatic heterocycles. The summed E-state index contributed by atoms with van der Waals surface area (Å²) in [5.41, 5.74) is -0.259. The van der Waals surface area contributed by atoms with Crippen molar-refractivity contribution in [1.29, 1.82) is 0 Å². The zero-order chi connectivity index (χ0) is 14.1. The molecule has 0 radical (unpaired) electrons. The maximum absolute atomic E-state index is 12.2. The van der Waals surface area contributed by atoms with Crippen LogP contribution in [0.2, 0.25) is 0 Å². The monoisotopic (exact) mass is 292 g/mol. The molecule has 1 aliphatic rings. The molecule has 0 aromatic carbocycles. The Bertz CT molecular complexity index is 695. The van der Waals surface area contributed by atoms with Crippen molar-refractivity contribution < 1.29 is 4.79 Å². The third-order valence-corrected chi connectivity index (χ3v) is 3.96. The highest BCUT2D eigenvalue weighted by Crippen LogP contribution is 2.20. The number of nitrogens with one attached hydrogen (secondary N) is 2. The van der Waals surface area contributed by atoms with Gasteiger partial charge in [-0.3, -0.25) is 19.3 Å². The molecule has 0 spiro atoms. The Hall–Kier alpha value is -2.16. The molecule has 2 N–H and O–H groups in total. The summed E-state index contributed by atoms with van der Waals surface area (Å²) in [6, 6.07) is -0.364. The van der Waals surface area contributed by atoms with Crippen LogP contribution in [-0.2, 0) is 6.54 Å². The Morgan fingerprint density at radius 1 is 1.55 bits per heavy atom. The predicted molar refractivity (Wildman–Crippen MR) is 71.5 cm³/mol. The minimum absolute atomic E-state index is 0.0441. The van der Waals surface area contributed by atoms with Gasteiger partial charge >= 0.3 is 0 Å². The van der Waals surface area contributed by atoms with Crippen LogP contribution in [0.4, 0.5) is 0 Å². The standard InChI is InChI=1S/C11H12N6O2S/c1-6(8-13-5-14-16-8)15-9(18)7-4-12-11-17(10(7)19)2-3-20-11/h4-6H,2-3H2,1H3,(H,15,18)(H,13,14,16). The minimum atomic E-state index is -0.460. The van der Waals surface area contributed by atoms with E-state index in [-0.39, 0.29) is 17.2 Å². The van der Waals surface area contributed by atoms with E-state index in [2.05, 4.69) is 25.5 Å². The van der Waals surface area contributed by atoms with Gasteiger partial charge in [-0.25, -0.2) is 9.97 Å². The summed E-state index contributed by atoms with van der Waals surface area (Å²) in [6.07, 6.45) is 2.69. The number of rotatable bonds is 3. The first-order valence-corrected chi connectivity index (χ1v) is 7.04. The summed E-state index contributed by atoms with van der Waals surface area (Å²) in [5.74, 6) is 0.878. The van der Waals surface area contributed by atoms with Crippen molar-refractivity contribution in [3.05, 3.63) is 34.3 Å². The topological polar surface area (TPSA) is 106 Å². The van der Waals surface area contributed by atoms with Crippen LogP contribution in [0.25, 0.3) is 0 Å². The highest BCUT2D eigenvalue weighted by Gasteiger charge is 2.21. The molecule has 0 saturated carbocycles. The number of fused-ring (bicyclic) bond motifs is 1. The second-order valence-corrected chi connectivity index (χ2v) is 5.39. The first kappa shape index (κ1) is 12.9. The SMILES string of the molecule is CC(NC(=O)c1cnc2n(c1=O)CCS2)c1ncn[nH]1. The van der Waals surface area contributed by atoms with E-state index < -0.39 is 5.91 Å². The van der Waals surface area contributed by atoms with Gasteiger partial charge in [0.25, 0.3) is 11.5 Å². The summed E-state index contributed by atoms with van der Waals surface area (Å²) in [6.45, 7) is 2.34. The number of nitrogens with zero attached hydrogens (tertiary/aromatic N) is 4. The third-order valence-electron chi connectivity index (χ3n) is 2.99. The van der Waals surface area contributed by atoms with E-state index in [0.29, 0.717) is 17.5 Å². The zero-order valence-electron chi connectivity index (χ0n) is 10.7. The van der Waals surface area contributed by atoms with Gasteiger partial charge in [0, 0.05) is 18.5 Å². The quantitative estimate of drug-likeness (QED) is 0.769. The number of amides is 1. The number of thioether (sulfide) groups is 1. The van der Waals surface area contributed by atoms with Gasteiger partial charge < -0.3 is 5.32 Å². The number of H-pyrrole nitrogens is 1. The van der Waals surface area contributed by atoms with Crippen molar-refractivity contribution in [3.63, 3.8) is 0 Å². The van der Waals surface area contributed by atoms with Crippen molar-refractivity contribution in [3.8, 4) is 0 Å². The van der Waals surface area contributed by atoms with Crippen molar-refractivity contribution in [1.82, 2.24) is 30.0 Å². The van der Waals surface area contributed by atoms with E-state index in [4.69, 9.17) is 0 Å². The largest absolute Gasteiger partial charge is 0.342 e. The normalized spacial score (nSPS) is 14.8. The second-order valence-electron chi connectivity index (χ2n) is 4.33. The Morgan fingerprint density at radius 2 is 2.40 bits per heavy atom. The average Bonchev–Trinajstić information content (AvgIpc) is 3.10. The Balaban J connectivity index is 1.83. The first-order chi connectivity index (χ1) is 9.66. The maximum atomic E-state index is 12.2. The van der Waals surface area contributed by atoms with Crippen LogP contribution in [0.15, 0.2) is 22.5 Å². The van der Waals surface area contributed by atoms with Crippen LogP contribution in [-0.4, -0.2) is 36.4 Å². The fourth-order valence-electron chi connectivity index (χ4n) is 1.94. The fraction of sp³-hybridized carbons (Fsp3) is 0.364. The van der Waals surface area contributed by atoms with E-state index in [1.54, 1.807) is 6.92 Å². The van der Waals surface area contributed by atoms with Gasteiger partial charge in [-0.05, 0) is 6.92 Å². The van der Waals surface area contributed by atoms with Crippen LogP contribution in [0, 0.1) is 0 Å². The van der Waals surface area contributed by atoms with E-state index in [9.17, 15) is 9.59 Å². The Labute approximate surface area is 118 Å². The van der Waals surface area contributed by atoms with Gasteiger partial charge in [-0.1, -0.05) is 11.8 Å². The summed E-state index contributed by atoms with van der Waals surface area (Å²) in [4.78, 5) is 32.4. The summed E-state index contributed by atoms with van der Waals surface area (Å²) >= 11 is 1.51. The van der Waals surface area contributed by atoms with Crippen LogP contribution >= 0.6 is 11.8 Å². The first-order valence-electron chi connectivity index (χ1n) is 6.05. The summed E-state index contributed by atoms with van der Waals surface area (Å²) in [5, 5.41) is 9.75. The van der Waals surface area contributed by atoms with E-state index in [0.717, 1.165) is 5.75 Å². The number of carbonyl (C=O) groups is 1. The van der Waals surface area contributed by atoms with Crippen LogP contribution < -0.4 is 10.9 Å². The molecule has 0 saturated heterocycles. The smallest absolute Gasteiger partial charge is 0.267 e. The van der Waals surface area contributed by atoms with Gasteiger partial charge in [-0.2, -0.15) is 5.10 Å². The lowest BCUT2D eigenvalue weighted by molar-refractivity contribution is 0.0935. The van der Waals surface area contributed by atoms with Gasteiger partial charge in [0.2, 0.25) is 0 Å². The number of aromatic amines is 1. The van der Waals surface area contributed by atoms with Gasteiger partial charge in [0.15, 0.2) is 5.16 Å². The molecule has 1 atom stereocenters. The molecular formula is C11H12N6O2S. The van der Waals surface area contributed by atoms with E-state index >= 15 is 0 Å². The van der Waals surface area contributed by atoms with Crippen LogP contribution in [0.3, 0.4) is 0 Å². The lowest BCUT2D eigenvalue weighted by atomic mass is 10.2. The van der Waals surface area contributed by atoms with Crippen LogP contribution in [0.5, 0.6) is 0 Å². The third kappa shape index (κ3) is 2.20. The van der Waals surface area contributed by atoms with Crippen molar-refractivity contribution in [2.75, 3.05) is 5.75 Å². The molecule has 0 fully saturated rings. The maximum Gasteiger partial charge on any atom is 0.267 e. The van der Waals surface area contributed by atoms with E-state index in [1.165, 1.54) is 28.9 Å². The molecule has 0 aliphatic carbocycles. The average molecular weight is 292 g/mol. The van der Waals surface area contributed by atoms with Crippen LogP contribution in [0.1, 0.15) is 29.1 Å². The molecule has 0 bridgehead atoms. The molecule has 2 aromatic heterocycles. The molecule has 1 unspecified atom stereocenters. The van der Waals surface area contributed by atoms with E-state index in [1.807, 2.05) is 0 Å². The summed E-state index contributed by atoms with van der Waals surface area (Å²) < 4.78 is 1.53. The molecule has 2 aromatic rings. The van der Waals surface area contributed by atoms with Gasteiger partial charge in [0.05, 0.1) is 6.04 Å². The number of aromatic nitrogens is 5. The molecule has 3 heterocycles. The highest BCUT2D eigenvalue weighted by atomic mass is 32.2. The van der Waals surface area contributed by atoms with Crippen molar-refractivity contribution in [2.24, 2.45) is 0 Å². The summed E-state index contributed by atoms with van der Waals surface area (Å²) in [7, 11) is 0. The molecular weight excluding hydrogens is 280 g/mol. The van der Waals surface area contributed by atoms with Gasteiger partial charge in [0.1, 0.15) is 17.7 Å². The lowest BCUT2D eigenvalue weighted by Crippen LogP contribution is -2.35. The number of carbonyl (C=O) groups excluding carboxylic acids is 1. The number of hydrogen-bond donors (Lipinski definition) is 2. The predicted octanol–water partition coefficient (Wildman–Crippen LogP) is -0.0419. The molecule has 3 rings (SSSR count). The lowest BCUT2D eigenvalue weighted by Gasteiger charge is -2.11. The number of hydrogen-bond acceptors (Lipinski definition) is 6. The Kier molecular flexibility index (Phi) is 3.26. The molecule has 1 amide bonds. The zero-order valence-corrected chi connectivity index (χ0v) is 11.5. The minimum Gasteiger partial charge on any atom is -0.342 e. The van der Waals surface area contributed by atoms with Crippen molar-refractivity contribution >= 4 is 17.7 Å². The molecule has 9 heteroatoms.